The summed E-state index contributed by atoms with van der Waals surface area (Å²) in [4.78, 5) is 35.9. The maximum absolute atomic E-state index is 11.6. The second kappa shape index (κ2) is 7.46. The van der Waals surface area contributed by atoms with Crippen molar-refractivity contribution in [2.75, 3.05) is 0 Å². The number of amides is 1. The zero-order chi connectivity index (χ0) is 15.9. The van der Waals surface area contributed by atoms with E-state index in [9.17, 15) is 14.4 Å². The molecule has 0 atom stereocenters. The van der Waals surface area contributed by atoms with Gasteiger partial charge in [0.2, 0.25) is 5.91 Å². The van der Waals surface area contributed by atoms with Crippen molar-refractivity contribution in [3.8, 4) is 0 Å². The van der Waals surface area contributed by atoms with Crippen LogP contribution in [0.25, 0.3) is 0 Å². The van der Waals surface area contributed by atoms with Gasteiger partial charge in [0.1, 0.15) is 5.69 Å². The lowest BCUT2D eigenvalue weighted by Gasteiger charge is -2.00. The summed E-state index contributed by atoms with van der Waals surface area (Å²) >= 11 is 3.36. The van der Waals surface area contributed by atoms with Crippen molar-refractivity contribution in [3.63, 3.8) is 0 Å². The Bertz CT molecular complexity index is 812. The molecule has 3 N–H and O–H groups in total. The number of rotatable bonds is 5. The molecule has 2 aromatic rings. The Morgan fingerprint density at radius 2 is 2.14 bits per heavy atom. The van der Waals surface area contributed by atoms with Crippen LogP contribution in [0.5, 0.6) is 0 Å². The molecule has 0 fully saturated rings. The van der Waals surface area contributed by atoms with E-state index in [1.165, 1.54) is 6.21 Å². The van der Waals surface area contributed by atoms with Crippen LogP contribution in [0.1, 0.15) is 17.7 Å². The molecule has 0 radical (unpaired) electrons. The van der Waals surface area contributed by atoms with Gasteiger partial charge in [0, 0.05) is 22.9 Å². The van der Waals surface area contributed by atoms with Crippen LogP contribution in [0.3, 0.4) is 0 Å². The summed E-state index contributed by atoms with van der Waals surface area (Å²) in [5.41, 5.74) is 1.98. The number of aryl methyl sites for hydroxylation is 1. The second-order valence-corrected chi connectivity index (χ2v) is 5.12. The van der Waals surface area contributed by atoms with Gasteiger partial charge in [0.25, 0.3) is 5.56 Å². The zero-order valence-corrected chi connectivity index (χ0v) is 12.9. The predicted molar refractivity (Wildman–Crippen MR) is 83.7 cm³/mol. The first kappa shape index (κ1) is 15.8. The van der Waals surface area contributed by atoms with Crippen LogP contribution in [-0.4, -0.2) is 27.3 Å². The van der Waals surface area contributed by atoms with Gasteiger partial charge in [0.15, 0.2) is 0 Å². The topological polar surface area (TPSA) is 120 Å². The van der Waals surface area contributed by atoms with Crippen molar-refractivity contribution >= 4 is 28.1 Å². The lowest BCUT2D eigenvalue weighted by molar-refractivity contribution is -0.121. The lowest BCUT2D eigenvalue weighted by Crippen LogP contribution is -2.28. The summed E-state index contributed by atoms with van der Waals surface area (Å²) in [6.07, 6.45) is 1.63. The quantitative estimate of drug-likeness (QED) is 0.521. The van der Waals surface area contributed by atoms with Crippen LogP contribution in [0.2, 0.25) is 0 Å². The number of hydrogen-bond donors (Lipinski definition) is 3. The molecule has 2 rings (SSSR count). The Morgan fingerprint density at radius 3 is 2.86 bits per heavy atom. The van der Waals surface area contributed by atoms with E-state index in [0.717, 1.165) is 10.0 Å². The molecule has 0 saturated carbocycles. The Kier molecular flexibility index (Phi) is 5.37. The maximum Gasteiger partial charge on any atom is 0.342 e. The standard InChI is InChI=1S/C13H12BrN5O3/c14-9-4-2-1-3-8(9)7-15-18-11(20)6-5-10-12(21)16-13(22)19-17-10/h1-4,7H,5-6H2,(H,18,20)(H2,16,19,21,22). The molecule has 1 aromatic carbocycles. The monoisotopic (exact) mass is 365 g/mol. The molecule has 0 aliphatic carbocycles. The number of hydrogen-bond acceptors (Lipinski definition) is 5. The number of nitrogens with zero attached hydrogens (tertiary/aromatic N) is 2. The third-order valence-corrected chi connectivity index (χ3v) is 3.39. The normalized spacial score (nSPS) is 10.8. The molecular formula is C13H12BrN5O3. The van der Waals surface area contributed by atoms with Gasteiger partial charge in [0.05, 0.1) is 6.21 Å². The van der Waals surface area contributed by atoms with E-state index in [-0.39, 0.29) is 24.4 Å². The first-order valence-electron chi connectivity index (χ1n) is 6.30. The Labute approximate surface area is 132 Å². The van der Waals surface area contributed by atoms with Crippen molar-refractivity contribution in [3.05, 3.63) is 60.8 Å². The number of aromatic amines is 2. The van der Waals surface area contributed by atoms with Gasteiger partial charge in [-0.1, -0.05) is 34.1 Å². The van der Waals surface area contributed by atoms with Gasteiger partial charge in [-0.2, -0.15) is 10.2 Å². The summed E-state index contributed by atoms with van der Waals surface area (Å²) < 4.78 is 0.858. The fourth-order valence-corrected chi connectivity index (χ4v) is 1.97. The van der Waals surface area contributed by atoms with E-state index in [1.807, 2.05) is 29.2 Å². The van der Waals surface area contributed by atoms with E-state index in [2.05, 4.69) is 36.7 Å². The Morgan fingerprint density at radius 1 is 1.36 bits per heavy atom. The van der Waals surface area contributed by atoms with E-state index in [1.54, 1.807) is 0 Å². The molecule has 9 heteroatoms. The maximum atomic E-state index is 11.6. The molecule has 114 valence electrons. The van der Waals surface area contributed by atoms with Crippen LogP contribution >= 0.6 is 15.9 Å². The largest absolute Gasteiger partial charge is 0.342 e. The number of carbonyl (C=O) groups excluding carboxylic acids is 1. The third-order valence-electron chi connectivity index (χ3n) is 2.67. The summed E-state index contributed by atoms with van der Waals surface area (Å²) in [5, 5.41) is 9.52. The molecule has 1 amide bonds. The van der Waals surface area contributed by atoms with Gasteiger partial charge in [-0.3, -0.25) is 14.6 Å². The summed E-state index contributed by atoms with van der Waals surface area (Å²) in [6, 6.07) is 7.41. The van der Waals surface area contributed by atoms with Gasteiger partial charge >= 0.3 is 5.69 Å². The average Bonchev–Trinajstić information content (AvgIpc) is 2.48. The second-order valence-electron chi connectivity index (χ2n) is 4.27. The lowest BCUT2D eigenvalue weighted by atomic mass is 10.2. The van der Waals surface area contributed by atoms with Crippen molar-refractivity contribution < 1.29 is 4.79 Å². The predicted octanol–water partition coefficient (Wildman–Crippen LogP) is 0.304. The first-order valence-corrected chi connectivity index (χ1v) is 7.10. The molecule has 0 bridgehead atoms. The van der Waals surface area contributed by atoms with Gasteiger partial charge < -0.3 is 0 Å². The Hall–Kier alpha value is -2.55. The minimum atomic E-state index is -0.684. The molecule has 22 heavy (non-hydrogen) atoms. The minimum Gasteiger partial charge on any atom is -0.273 e. The SMILES string of the molecule is O=C(CCc1n[nH]c(=O)[nH]c1=O)NN=Cc1ccccc1Br. The highest BCUT2D eigenvalue weighted by Crippen LogP contribution is 2.13. The number of carbonyl (C=O) groups is 1. The number of halogens is 1. The molecule has 1 heterocycles. The number of aromatic nitrogens is 3. The van der Waals surface area contributed by atoms with Crippen LogP contribution < -0.4 is 16.7 Å². The van der Waals surface area contributed by atoms with E-state index < -0.39 is 11.2 Å². The summed E-state index contributed by atoms with van der Waals surface area (Å²) in [5.74, 6) is -0.365. The molecule has 0 aliphatic rings. The Balaban J connectivity index is 1.87. The van der Waals surface area contributed by atoms with Crippen LogP contribution in [-0.2, 0) is 11.2 Å². The van der Waals surface area contributed by atoms with Crippen LogP contribution in [0.15, 0.2) is 43.4 Å². The van der Waals surface area contributed by atoms with Gasteiger partial charge in [-0.05, 0) is 6.07 Å². The van der Waals surface area contributed by atoms with Crippen LogP contribution in [0, 0.1) is 0 Å². The fourth-order valence-electron chi connectivity index (χ4n) is 1.58. The molecule has 1 aromatic heterocycles. The molecule has 0 saturated heterocycles. The fraction of sp³-hybridized carbons (Fsp3) is 0.154. The number of hydrazone groups is 1. The first-order chi connectivity index (χ1) is 10.6. The average molecular weight is 366 g/mol. The number of nitrogens with one attached hydrogen (secondary N) is 3. The van der Waals surface area contributed by atoms with Crippen molar-refractivity contribution in [2.24, 2.45) is 5.10 Å². The molecule has 0 aliphatic heterocycles. The van der Waals surface area contributed by atoms with Crippen LogP contribution in [0.4, 0.5) is 0 Å². The molecule has 0 unspecified atom stereocenters. The zero-order valence-electron chi connectivity index (χ0n) is 11.3. The van der Waals surface area contributed by atoms with Crippen molar-refractivity contribution in [2.45, 2.75) is 12.8 Å². The minimum absolute atomic E-state index is 0.0232. The van der Waals surface area contributed by atoms with Gasteiger partial charge in [-0.25, -0.2) is 15.3 Å². The van der Waals surface area contributed by atoms with Crippen molar-refractivity contribution in [1.29, 1.82) is 0 Å². The summed E-state index contributed by atoms with van der Waals surface area (Å²) in [6.45, 7) is 0. The summed E-state index contributed by atoms with van der Waals surface area (Å²) in [7, 11) is 0. The molecule has 0 spiro atoms. The molecular weight excluding hydrogens is 354 g/mol. The highest BCUT2D eigenvalue weighted by molar-refractivity contribution is 9.10. The van der Waals surface area contributed by atoms with E-state index in [4.69, 9.17) is 0 Å². The molecule has 8 nitrogen and oxygen atoms in total. The van der Waals surface area contributed by atoms with E-state index >= 15 is 0 Å². The number of H-pyrrole nitrogens is 2. The van der Waals surface area contributed by atoms with E-state index in [0.29, 0.717) is 0 Å². The van der Waals surface area contributed by atoms with Crippen molar-refractivity contribution in [1.82, 2.24) is 20.6 Å². The highest BCUT2D eigenvalue weighted by atomic mass is 79.9. The van der Waals surface area contributed by atoms with Gasteiger partial charge in [-0.15, -0.1) is 0 Å². The number of benzene rings is 1. The smallest absolute Gasteiger partial charge is 0.273 e. The third kappa shape index (κ3) is 4.48. The highest BCUT2D eigenvalue weighted by Gasteiger charge is 2.06.